The van der Waals surface area contributed by atoms with Gasteiger partial charge in [0.1, 0.15) is 0 Å². The van der Waals surface area contributed by atoms with Gasteiger partial charge in [-0.15, -0.1) is 0 Å². The standard InChI is InChI=1S/C19H20N4O/c1-14-17-8-4-3-7-15(17)11-18(14)19(24)22-16-12-21-23(13-16)10-6-2-5-9-20/h3-4,7-8,12-13H,2,5-6,10-11H2,1H3,(H,22,24). The van der Waals surface area contributed by atoms with E-state index in [1.165, 1.54) is 5.56 Å². The van der Waals surface area contributed by atoms with Gasteiger partial charge in [0.05, 0.1) is 18.0 Å². The summed E-state index contributed by atoms with van der Waals surface area (Å²) in [5, 5.41) is 15.7. The molecule has 5 nitrogen and oxygen atoms in total. The number of aryl methyl sites for hydroxylation is 1. The van der Waals surface area contributed by atoms with Gasteiger partial charge in [0.15, 0.2) is 0 Å². The minimum atomic E-state index is -0.0623. The number of fused-ring (bicyclic) bond motifs is 1. The average molecular weight is 320 g/mol. The number of benzene rings is 1. The number of carbonyl (C=O) groups is 1. The third-order valence-corrected chi connectivity index (χ3v) is 4.33. The normalized spacial score (nSPS) is 12.8. The van der Waals surface area contributed by atoms with Gasteiger partial charge in [0.2, 0.25) is 0 Å². The molecule has 0 bridgehead atoms. The zero-order chi connectivity index (χ0) is 16.9. The molecular formula is C19H20N4O. The van der Waals surface area contributed by atoms with Gasteiger partial charge in [0, 0.05) is 31.2 Å². The van der Waals surface area contributed by atoms with Crippen molar-refractivity contribution in [1.29, 1.82) is 5.26 Å². The zero-order valence-electron chi connectivity index (χ0n) is 13.7. The summed E-state index contributed by atoms with van der Waals surface area (Å²) in [5.74, 6) is -0.0623. The molecule has 24 heavy (non-hydrogen) atoms. The fourth-order valence-electron chi connectivity index (χ4n) is 3.01. The number of amides is 1. The highest BCUT2D eigenvalue weighted by Gasteiger charge is 2.23. The molecule has 2 aromatic rings. The minimum Gasteiger partial charge on any atom is -0.320 e. The second-order valence-corrected chi connectivity index (χ2v) is 6.00. The van der Waals surface area contributed by atoms with E-state index in [4.69, 9.17) is 5.26 Å². The summed E-state index contributed by atoms with van der Waals surface area (Å²) in [6.45, 7) is 2.75. The van der Waals surface area contributed by atoms with E-state index < -0.39 is 0 Å². The number of unbranched alkanes of at least 4 members (excludes halogenated alkanes) is 2. The maximum Gasteiger partial charge on any atom is 0.252 e. The molecule has 0 saturated heterocycles. The van der Waals surface area contributed by atoms with Crippen molar-refractivity contribution in [2.45, 2.75) is 39.2 Å². The Morgan fingerprint density at radius 1 is 1.38 bits per heavy atom. The molecule has 1 aliphatic carbocycles. The summed E-state index contributed by atoms with van der Waals surface area (Å²) in [5.41, 5.74) is 4.94. The van der Waals surface area contributed by atoms with Crippen molar-refractivity contribution in [3.05, 3.63) is 53.4 Å². The second-order valence-electron chi connectivity index (χ2n) is 6.00. The first-order chi connectivity index (χ1) is 11.7. The molecular weight excluding hydrogens is 300 g/mol. The number of rotatable bonds is 6. The monoisotopic (exact) mass is 320 g/mol. The number of nitriles is 1. The lowest BCUT2D eigenvalue weighted by Gasteiger charge is -2.04. The molecule has 1 amide bonds. The minimum absolute atomic E-state index is 0.0623. The lowest BCUT2D eigenvalue weighted by Crippen LogP contribution is -2.14. The van der Waals surface area contributed by atoms with Crippen LogP contribution in [0.1, 0.15) is 37.3 Å². The fraction of sp³-hybridized carbons (Fsp3) is 0.316. The van der Waals surface area contributed by atoms with Crippen LogP contribution in [0, 0.1) is 11.3 Å². The lowest BCUT2D eigenvalue weighted by atomic mass is 10.1. The smallest absolute Gasteiger partial charge is 0.252 e. The number of carbonyl (C=O) groups excluding carboxylic acids is 1. The molecule has 122 valence electrons. The molecule has 5 heteroatoms. The third kappa shape index (κ3) is 3.38. The molecule has 0 aliphatic heterocycles. The van der Waals surface area contributed by atoms with Gasteiger partial charge in [0.25, 0.3) is 5.91 Å². The van der Waals surface area contributed by atoms with Crippen molar-refractivity contribution in [2.24, 2.45) is 0 Å². The van der Waals surface area contributed by atoms with E-state index in [9.17, 15) is 4.79 Å². The number of nitrogens with one attached hydrogen (secondary N) is 1. The van der Waals surface area contributed by atoms with Crippen molar-refractivity contribution in [2.75, 3.05) is 5.32 Å². The topological polar surface area (TPSA) is 70.7 Å². The van der Waals surface area contributed by atoms with E-state index in [2.05, 4.69) is 28.6 Å². The summed E-state index contributed by atoms with van der Waals surface area (Å²) in [6.07, 6.45) is 6.52. The first-order valence-corrected chi connectivity index (χ1v) is 8.18. The molecule has 0 saturated carbocycles. The Morgan fingerprint density at radius 2 is 2.21 bits per heavy atom. The Kier molecular flexibility index (Phi) is 4.76. The molecule has 0 fully saturated rings. The number of hydrogen-bond acceptors (Lipinski definition) is 3. The van der Waals surface area contributed by atoms with Crippen LogP contribution >= 0.6 is 0 Å². The predicted molar refractivity (Wildman–Crippen MR) is 93.1 cm³/mol. The Morgan fingerprint density at radius 3 is 3.00 bits per heavy atom. The van der Waals surface area contributed by atoms with E-state index in [0.29, 0.717) is 18.5 Å². The van der Waals surface area contributed by atoms with E-state index >= 15 is 0 Å². The molecule has 3 rings (SSSR count). The summed E-state index contributed by atoms with van der Waals surface area (Å²) < 4.78 is 1.80. The molecule has 1 aliphatic rings. The van der Waals surface area contributed by atoms with Crippen molar-refractivity contribution in [1.82, 2.24) is 9.78 Å². The Bertz CT molecular complexity index is 826. The molecule has 1 heterocycles. The van der Waals surface area contributed by atoms with E-state index in [-0.39, 0.29) is 5.91 Å². The van der Waals surface area contributed by atoms with Gasteiger partial charge in [-0.3, -0.25) is 9.48 Å². The summed E-state index contributed by atoms with van der Waals surface area (Å²) in [4.78, 5) is 12.6. The Balaban J connectivity index is 1.61. The van der Waals surface area contributed by atoms with E-state index in [1.54, 1.807) is 10.9 Å². The maximum absolute atomic E-state index is 12.6. The van der Waals surface area contributed by atoms with Gasteiger partial charge < -0.3 is 5.32 Å². The zero-order valence-corrected chi connectivity index (χ0v) is 13.7. The maximum atomic E-state index is 12.6. The SMILES string of the molecule is CC1=C(C(=O)Nc2cnn(CCCCC#N)c2)Cc2ccccc21. The fourth-order valence-corrected chi connectivity index (χ4v) is 3.01. The van der Waals surface area contributed by atoms with E-state index in [1.807, 2.05) is 25.3 Å². The predicted octanol–water partition coefficient (Wildman–Crippen LogP) is 3.55. The second kappa shape index (κ2) is 7.14. The summed E-state index contributed by atoms with van der Waals surface area (Å²) in [7, 11) is 0. The quantitative estimate of drug-likeness (QED) is 0.827. The van der Waals surface area contributed by atoms with Crippen molar-refractivity contribution >= 4 is 17.2 Å². The Hall–Kier alpha value is -2.87. The van der Waals surface area contributed by atoms with E-state index in [0.717, 1.165) is 36.1 Å². The van der Waals surface area contributed by atoms with Crippen LogP contribution in [0.4, 0.5) is 5.69 Å². The molecule has 0 radical (unpaired) electrons. The number of anilines is 1. The van der Waals surface area contributed by atoms with Gasteiger partial charge in [-0.05, 0) is 36.5 Å². The first kappa shape index (κ1) is 16.0. The molecule has 0 atom stereocenters. The van der Waals surface area contributed by atoms with Gasteiger partial charge in [-0.2, -0.15) is 10.4 Å². The molecule has 1 N–H and O–H groups in total. The lowest BCUT2D eigenvalue weighted by molar-refractivity contribution is -0.112. The number of aromatic nitrogens is 2. The van der Waals surface area contributed by atoms with Crippen LogP contribution in [-0.2, 0) is 17.8 Å². The van der Waals surface area contributed by atoms with Crippen LogP contribution in [0.2, 0.25) is 0 Å². The number of nitrogens with zero attached hydrogens (tertiary/aromatic N) is 3. The van der Waals surface area contributed by atoms with Crippen molar-refractivity contribution < 1.29 is 4.79 Å². The molecule has 1 aromatic heterocycles. The summed E-state index contributed by atoms with van der Waals surface area (Å²) >= 11 is 0. The van der Waals surface area contributed by atoms with Crippen LogP contribution in [-0.4, -0.2) is 15.7 Å². The highest BCUT2D eigenvalue weighted by Crippen LogP contribution is 2.32. The largest absolute Gasteiger partial charge is 0.320 e. The van der Waals surface area contributed by atoms with Crippen molar-refractivity contribution in [3.63, 3.8) is 0 Å². The number of allylic oxidation sites excluding steroid dienone is 1. The van der Waals surface area contributed by atoms with Crippen LogP contribution < -0.4 is 5.32 Å². The van der Waals surface area contributed by atoms with Gasteiger partial charge in [-0.25, -0.2) is 0 Å². The van der Waals surface area contributed by atoms with Crippen LogP contribution in [0.3, 0.4) is 0 Å². The number of hydrogen-bond donors (Lipinski definition) is 1. The first-order valence-electron chi connectivity index (χ1n) is 8.18. The molecule has 1 aromatic carbocycles. The molecule has 0 spiro atoms. The van der Waals surface area contributed by atoms with Gasteiger partial charge in [-0.1, -0.05) is 24.3 Å². The third-order valence-electron chi connectivity index (χ3n) is 4.33. The van der Waals surface area contributed by atoms with Crippen LogP contribution in [0.15, 0.2) is 42.2 Å². The van der Waals surface area contributed by atoms with Gasteiger partial charge >= 0.3 is 0 Å². The van der Waals surface area contributed by atoms with Crippen LogP contribution in [0.25, 0.3) is 5.57 Å². The van der Waals surface area contributed by atoms with Crippen LogP contribution in [0.5, 0.6) is 0 Å². The molecule has 0 unspecified atom stereocenters. The van der Waals surface area contributed by atoms with Crippen molar-refractivity contribution in [3.8, 4) is 6.07 Å². The highest BCUT2D eigenvalue weighted by molar-refractivity contribution is 6.10. The summed E-state index contributed by atoms with van der Waals surface area (Å²) in [6, 6.07) is 10.3. The highest BCUT2D eigenvalue weighted by atomic mass is 16.1. The average Bonchev–Trinajstić information content (AvgIpc) is 3.17. The Labute approximate surface area is 141 Å².